The van der Waals surface area contributed by atoms with Gasteiger partial charge >= 0.3 is 0 Å². The van der Waals surface area contributed by atoms with Gasteiger partial charge in [-0.15, -0.1) is 0 Å². The molecule has 0 bridgehead atoms. The normalized spacial score (nSPS) is 24.0. The van der Waals surface area contributed by atoms with Crippen LogP contribution in [0.5, 0.6) is 5.75 Å². The van der Waals surface area contributed by atoms with E-state index in [-0.39, 0.29) is 5.60 Å². The maximum atomic E-state index is 6.34. The highest BCUT2D eigenvalue weighted by atomic mass is 16.5. The Hall–Kier alpha value is -1.10. The minimum absolute atomic E-state index is 0.0736. The molecule has 1 aromatic carbocycles. The summed E-state index contributed by atoms with van der Waals surface area (Å²) in [5.74, 6) is 1.82. The summed E-state index contributed by atoms with van der Waals surface area (Å²) in [6.45, 7) is 6.13. The van der Waals surface area contributed by atoms with Crippen LogP contribution >= 0.6 is 0 Å². The second-order valence-corrected chi connectivity index (χ2v) is 7.24. The number of hydrogen-bond acceptors (Lipinski definition) is 4. The van der Waals surface area contributed by atoms with Crippen LogP contribution in [0.3, 0.4) is 0 Å². The van der Waals surface area contributed by atoms with Crippen molar-refractivity contribution in [3.63, 3.8) is 0 Å². The van der Waals surface area contributed by atoms with Gasteiger partial charge in [0.05, 0.1) is 13.2 Å². The summed E-state index contributed by atoms with van der Waals surface area (Å²) >= 11 is 0. The van der Waals surface area contributed by atoms with Crippen molar-refractivity contribution < 1.29 is 9.47 Å². The van der Waals surface area contributed by atoms with Gasteiger partial charge in [0, 0.05) is 51.4 Å². The SMILES string of the molecule is CN1CCC2(CC1)Cc1cc(CNCC3COC3)ccc1O2. The molecule has 3 heterocycles. The number of hydrogen-bond donors (Lipinski definition) is 1. The molecule has 1 aromatic rings. The van der Waals surface area contributed by atoms with Crippen LogP contribution < -0.4 is 10.1 Å². The summed E-state index contributed by atoms with van der Waals surface area (Å²) in [6, 6.07) is 6.72. The Balaban J connectivity index is 1.37. The Morgan fingerprint density at radius 3 is 2.82 bits per heavy atom. The fraction of sp³-hybridized carbons (Fsp3) is 0.667. The predicted molar refractivity (Wildman–Crippen MR) is 86.3 cm³/mol. The molecule has 4 nitrogen and oxygen atoms in total. The number of piperidine rings is 1. The topological polar surface area (TPSA) is 33.7 Å². The van der Waals surface area contributed by atoms with Crippen molar-refractivity contribution in [3.8, 4) is 5.75 Å². The lowest BCUT2D eigenvalue weighted by molar-refractivity contribution is -0.0307. The lowest BCUT2D eigenvalue weighted by atomic mass is 9.87. The first-order valence-electron chi connectivity index (χ1n) is 8.50. The van der Waals surface area contributed by atoms with Gasteiger partial charge < -0.3 is 19.7 Å². The average molecular weight is 302 g/mol. The fourth-order valence-electron chi connectivity index (χ4n) is 3.72. The summed E-state index contributed by atoms with van der Waals surface area (Å²) in [5.41, 5.74) is 2.84. The number of rotatable bonds is 4. The summed E-state index contributed by atoms with van der Waals surface area (Å²) in [6.07, 6.45) is 3.38. The Bertz CT molecular complexity index is 534. The van der Waals surface area contributed by atoms with Crippen LogP contribution in [0.2, 0.25) is 0 Å². The van der Waals surface area contributed by atoms with Crippen LogP contribution in [-0.4, -0.2) is 50.4 Å². The standard InChI is InChI=1S/C18H26N2O2/c1-20-6-4-18(5-7-20)9-16-8-14(2-3-17(16)22-18)10-19-11-15-12-21-13-15/h2-3,8,15,19H,4-7,9-13H2,1H3. The Morgan fingerprint density at radius 1 is 1.27 bits per heavy atom. The van der Waals surface area contributed by atoms with E-state index < -0.39 is 0 Å². The van der Waals surface area contributed by atoms with Crippen LogP contribution in [0.4, 0.5) is 0 Å². The highest BCUT2D eigenvalue weighted by Gasteiger charge is 2.41. The summed E-state index contributed by atoms with van der Waals surface area (Å²) < 4.78 is 11.6. The van der Waals surface area contributed by atoms with E-state index in [0.717, 1.165) is 64.4 Å². The zero-order valence-electron chi connectivity index (χ0n) is 13.4. The van der Waals surface area contributed by atoms with Crippen molar-refractivity contribution in [1.29, 1.82) is 0 Å². The number of ether oxygens (including phenoxy) is 2. The Labute approximate surface area is 132 Å². The number of likely N-dealkylation sites (tertiary alicyclic amines) is 1. The first kappa shape index (κ1) is 14.5. The molecule has 4 rings (SSSR count). The van der Waals surface area contributed by atoms with Crippen LogP contribution in [-0.2, 0) is 17.7 Å². The van der Waals surface area contributed by atoms with E-state index in [9.17, 15) is 0 Å². The Morgan fingerprint density at radius 2 is 2.09 bits per heavy atom. The third-order valence-electron chi connectivity index (χ3n) is 5.33. The van der Waals surface area contributed by atoms with Crippen LogP contribution in [0, 0.1) is 5.92 Å². The first-order valence-corrected chi connectivity index (χ1v) is 8.50. The number of benzene rings is 1. The molecular formula is C18H26N2O2. The monoisotopic (exact) mass is 302 g/mol. The van der Waals surface area contributed by atoms with E-state index in [4.69, 9.17) is 9.47 Å². The quantitative estimate of drug-likeness (QED) is 0.920. The lowest BCUT2D eigenvalue weighted by Gasteiger charge is -2.37. The molecule has 0 aliphatic carbocycles. The molecule has 1 N–H and O–H groups in total. The molecule has 0 saturated carbocycles. The smallest absolute Gasteiger partial charge is 0.123 e. The van der Waals surface area contributed by atoms with Crippen molar-refractivity contribution in [2.75, 3.05) is 39.9 Å². The molecule has 2 saturated heterocycles. The molecule has 1 spiro atoms. The molecule has 0 radical (unpaired) electrons. The molecule has 0 unspecified atom stereocenters. The van der Waals surface area contributed by atoms with Crippen molar-refractivity contribution >= 4 is 0 Å². The lowest BCUT2D eigenvalue weighted by Crippen LogP contribution is -2.45. The molecule has 3 aliphatic heterocycles. The van der Waals surface area contributed by atoms with Crippen molar-refractivity contribution in [2.45, 2.75) is 31.4 Å². The molecule has 0 atom stereocenters. The van der Waals surface area contributed by atoms with Gasteiger partial charge in [-0.25, -0.2) is 0 Å². The molecular weight excluding hydrogens is 276 g/mol. The second-order valence-electron chi connectivity index (χ2n) is 7.24. The molecule has 3 aliphatic rings. The van der Waals surface area contributed by atoms with Gasteiger partial charge in [0.15, 0.2) is 0 Å². The average Bonchev–Trinajstić information content (AvgIpc) is 2.82. The molecule has 4 heteroatoms. The minimum Gasteiger partial charge on any atom is -0.487 e. The van der Waals surface area contributed by atoms with Gasteiger partial charge in [-0.1, -0.05) is 12.1 Å². The largest absolute Gasteiger partial charge is 0.487 e. The molecule has 0 amide bonds. The van der Waals surface area contributed by atoms with Gasteiger partial charge in [0.1, 0.15) is 11.4 Å². The van der Waals surface area contributed by atoms with E-state index in [2.05, 4.69) is 35.5 Å². The summed E-state index contributed by atoms with van der Waals surface area (Å²) in [4.78, 5) is 2.40. The zero-order valence-corrected chi connectivity index (χ0v) is 13.4. The number of fused-ring (bicyclic) bond motifs is 1. The zero-order chi connectivity index (χ0) is 15.0. The van der Waals surface area contributed by atoms with E-state index >= 15 is 0 Å². The van der Waals surface area contributed by atoms with E-state index in [0.29, 0.717) is 5.92 Å². The van der Waals surface area contributed by atoms with Crippen molar-refractivity contribution in [2.24, 2.45) is 5.92 Å². The van der Waals surface area contributed by atoms with Crippen molar-refractivity contribution in [3.05, 3.63) is 29.3 Å². The van der Waals surface area contributed by atoms with Gasteiger partial charge in [-0.3, -0.25) is 0 Å². The fourth-order valence-corrected chi connectivity index (χ4v) is 3.72. The highest BCUT2D eigenvalue weighted by molar-refractivity contribution is 5.42. The van der Waals surface area contributed by atoms with Gasteiger partial charge in [-0.2, -0.15) is 0 Å². The molecule has 120 valence electrons. The van der Waals surface area contributed by atoms with Crippen LogP contribution in [0.1, 0.15) is 24.0 Å². The third kappa shape index (κ3) is 2.87. The molecule has 0 aromatic heterocycles. The van der Waals surface area contributed by atoms with Gasteiger partial charge in [0.2, 0.25) is 0 Å². The summed E-state index contributed by atoms with van der Waals surface area (Å²) in [7, 11) is 2.20. The van der Waals surface area contributed by atoms with Crippen molar-refractivity contribution in [1.82, 2.24) is 10.2 Å². The number of nitrogens with one attached hydrogen (secondary N) is 1. The maximum absolute atomic E-state index is 6.34. The minimum atomic E-state index is 0.0736. The molecule has 22 heavy (non-hydrogen) atoms. The van der Waals surface area contributed by atoms with Crippen LogP contribution in [0.25, 0.3) is 0 Å². The predicted octanol–water partition coefficient (Wildman–Crippen LogP) is 1.82. The molecule has 2 fully saturated rings. The van der Waals surface area contributed by atoms with E-state index in [1.165, 1.54) is 11.1 Å². The maximum Gasteiger partial charge on any atom is 0.123 e. The summed E-state index contributed by atoms with van der Waals surface area (Å²) in [5, 5.41) is 3.54. The van der Waals surface area contributed by atoms with Gasteiger partial charge in [-0.05, 0) is 24.2 Å². The van der Waals surface area contributed by atoms with E-state index in [1.807, 2.05) is 0 Å². The number of nitrogens with zero attached hydrogens (tertiary/aromatic N) is 1. The highest BCUT2D eigenvalue weighted by Crippen LogP contribution is 2.41. The first-order chi connectivity index (χ1) is 10.7. The Kier molecular flexibility index (Phi) is 3.84. The van der Waals surface area contributed by atoms with Gasteiger partial charge in [0.25, 0.3) is 0 Å². The second kappa shape index (κ2) is 5.84. The van der Waals surface area contributed by atoms with Crippen LogP contribution in [0.15, 0.2) is 18.2 Å². The third-order valence-corrected chi connectivity index (χ3v) is 5.33. The van der Waals surface area contributed by atoms with E-state index in [1.54, 1.807) is 0 Å².